The average molecular weight is 276 g/mol. The molecule has 1 heterocycles. The second-order valence-electron chi connectivity index (χ2n) is 7.12. The lowest BCUT2D eigenvalue weighted by Gasteiger charge is -2.39. The van der Waals surface area contributed by atoms with Gasteiger partial charge in [0, 0.05) is 30.1 Å². The van der Waals surface area contributed by atoms with Crippen molar-refractivity contribution < 1.29 is 4.74 Å². The van der Waals surface area contributed by atoms with Gasteiger partial charge in [-0.2, -0.15) is 0 Å². The molecule has 0 bridgehead atoms. The molecular formula is C17H28N2O. The Morgan fingerprint density at radius 2 is 2.15 bits per heavy atom. The Bertz CT molecular complexity index is 456. The zero-order valence-electron chi connectivity index (χ0n) is 13.5. The van der Waals surface area contributed by atoms with Crippen LogP contribution in [-0.4, -0.2) is 18.1 Å². The van der Waals surface area contributed by atoms with E-state index in [1.165, 1.54) is 6.42 Å². The Morgan fingerprint density at radius 3 is 2.80 bits per heavy atom. The van der Waals surface area contributed by atoms with Crippen LogP contribution in [-0.2, 0) is 6.54 Å². The van der Waals surface area contributed by atoms with Gasteiger partial charge in [-0.1, -0.05) is 20.8 Å². The van der Waals surface area contributed by atoms with Crippen LogP contribution < -0.4 is 10.1 Å². The summed E-state index contributed by atoms with van der Waals surface area (Å²) in [4.78, 5) is 4.38. The van der Waals surface area contributed by atoms with Gasteiger partial charge in [-0.15, -0.1) is 0 Å². The molecule has 0 spiro atoms. The molecule has 0 saturated heterocycles. The van der Waals surface area contributed by atoms with Crippen LogP contribution in [0.3, 0.4) is 0 Å². The molecule has 1 N–H and O–H groups in total. The number of nitrogens with zero attached hydrogens (tertiary/aromatic N) is 1. The molecule has 1 aliphatic carbocycles. The van der Waals surface area contributed by atoms with Gasteiger partial charge in [0.1, 0.15) is 5.75 Å². The van der Waals surface area contributed by atoms with Gasteiger partial charge in [0.05, 0.1) is 6.10 Å². The predicted octanol–water partition coefficient (Wildman–Crippen LogP) is 3.70. The van der Waals surface area contributed by atoms with E-state index < -0.39 is 0 Å². The summed E-state index contributed by atoms with van der Waals surface area (Å²) in [5.74, 6) is 1.74. The summed E-state index contributed by atoms with van der Waals surface area (Å²) in [5.41, 5.74) is 2.55. The fourth-order valence-electron chi connectivity index (χ4n) is 3.52. The number of aryl methyl sites for hydroxylation is 1. The van der Waals surface area contributed by atoms with Gasteiger partial charge in [0.2, 0.25) is 0 Å². The highest BCUT2D eigenvalue weighted by atomic mass is 16.5. The number of ether oxygens (including phenoxy) is 1. The maximum atomic E-state index is 6.35. The molecule has 1 fully saturated rings. The molecule has 3 nitrogen and oxygen atoms in total. The van der Waals surface area contributed by atoms with E-state index in [1.807, 2.05) is 20.2 Å². The third-order valence-electron chi connectivity index (χ3n) is 4.09. The molecular weight excluding hydrogens is 248 g/mol. The van der Waals surface area contributed by atoms with E-state index in [0.29, 0.717) is 11.5 Å². The van der Waals surface area contributed by atoms with Crippen LogP contribution in [0.25, 0.3) is 0 Å². The molecule has 0 aliphatic heterocycles. The number of hydrogen-bond donors (Lipinski definition) is 1. The Morgan fingerprint density at radius 1 is 1.40 bits per heavy atom. The van der Waals surface area contributed by atoms with Gasteiger partial charge in [-0.25, -0.2) is 0 Å². The zero-order chi connectivity index (χ0) is 14.8. The topological polar surface area (TPSA) is 34.2 Å². The van der Waals surface area contributed by atoms with Crippen LogP contribution in [0.1, 0.15) is 51.3 Å². The molecule has 2 atom stereocenters. The van der Waals surface area contributed by atoms with Gasteiger partial charge in [0.25, 0.3) is 0 Å². The summed E-state index contributed by atoms with van der Waals surface area (Å²) in [6.07, 6.45) is 5.84. The van der Waals surface area contributed by atoms with E-state index in [0.717, 1.165) is 42.3 Å². The van der Waals surface area contributed by atoms with Crippen LogP contribution >= 0.6 is 0 Å². The molecule has 0 radical (unpaired) electrons. The monoisotopic (exact) mass is 276 g/mol. The van der Waals surface area contributed by atoms with Crippen LogP contribution in [0, 0.1) is 18.3 Å². The number of pyridine rings is 1. The van der Waals surface area contributed by atoms with E-state index in [9.17, 15) is 0 Å². The van der Waals surface area contributed by atoms with E-state index in [1.54, 1.807) is 0 Å². The lowest BCUT2D eigenvalue weighted by molar-refractivity contribution is 0.0554. The fourth-order valence-corrected chi connectivity index (χ4v) is 3.52. The molecule has 2 rings (SSSR count). The van der Waals surface area contributed by atoms with E-state index in [-0.39, 0.29) is 0 Å². The van der Waals surface area contributed by atoms with Crippen LogP contribution in [0.4, 0.5) is 0 Å². The molecule has 2 unspecified atom stereocenters. The summed E-state index contributed by atoms with van der Waals surface area (Å²) in [5, 5.41) is 3.19. The summed E-state index contributed by atoms with van der Waals surface area (Å²) in [6, 6.07) is 2.07. The lowest BCUT2D eigenvalue weighted by Crippen LogP contribution is -2.34. The van der Waals surface area contributed by atoms with E-state index in [2.05, 4.69) is 37.1 Å². The number of hydrogen-bond acceptors (Lipinski definition) is 3. The SMILES string of the molecule is CNCc1cnc(C)cc1OC1CC(C)CC(C)(C)C1. The first-order valence-corrected chi connectivity index (χ1v) is 7.66. The largest absolute Gasteiger partial charge is 0.490 e. The first-order valence-electron chi connectivity index (χ1n) is 7.66. The smallest absolute Gasteiger partial charge is 0.127 e. The Balaban J connectivity index is 2.14. The van der Waals surface area contributed by atoms with Crippen molar-refractivity contribution >= 4 is 0 Å². The Kier molecular flexibility index (Phi) is 4.69. The zero-order valence-corrected chi connectivity index (χ0v) is 13.5. The van der Waals surface area contributed by atoms with Gasteiger partial charge in [-0.05, 0) is 44.6 Å². The second kappa shape index (κ2) is 6.13. The highest BCUT2D eigenvalue weighted by molar-refractivity contribution is 5.33. The number of aromatic nitrogens is 1. The van der Waals surface area contributed by atoms with Crippen molar-refractivity contribution in [1.82, 2.24) is 10.3 Å². The van der Waals surface area contributed by atoms with Crippen molar-refractivity contribution in [2.75, 3.05) is 7.05 Å². The second-order valence-corrected chi connectivity index (χ2v) is 7.12. The van der Waals surface area contributed by atoms with Crippen molar-refractivity contribution in [3.05, 3.63) is 23.5 Å². The van der Waals surface area contributed by atoms with Crippen LogP contribution in [0.15, 0.2) is 12.3 Å². The molecule has 20 heavy (non-hydrogen) atoms. The van der Waals surface area contributed by atoms with Crippen molar-refractivity contribution in [3.8, 4) is 5.75 Å². The fraction of sp³-hybridized carbons (Fsp3) is 0.706. The summed E-state index contributed by atoms with van der Waals surface area (Å²) in [6.45, 7) is 9.86. The molecule has 1 aromatic heterocycles. The van der Waals surface area contributed by atoms with Gasteiger partial charge < -0.3 is 10.1 Å². The van der Waals surface area contributed by atoms with Gasteiger partial charge in [0.15, 0.2) is 0 Å². The van der Waals surface area contributed by atoms with E-state index >= 15 is 0 Å². The number of nitrogens with one attached hydrogen (secondary N) is 1. The minimum Gasteiger partial charge on any atom is -0.490 e. The average Bonchev–Trinajstić information content (AvgIpc) is 2.30. The Labute approximate surface area is 123 Å². The summed E-state index contributed by atoms with van der Waals surface area (Å²) < 4.78 is 6.35. The highest BCUT2D eigenvalue weighted by Gasteiger charge is 2.33. The third-order valence-corrected chi connectivity index (χ3v) is 4.09. The van der Waals surface area contributed by atoms with Crippen LogP contribution in [0.5, 0.6) is 5.75 Å². The lowest BCUT2D eigenvalue weighted by atomic mass is 9.71. The summed E-state index contributed by atoms with van der Waals surface area (Å²) >= 11 is 0. The maximum Gasteiger partial charge on any atom is 0.127 e. The first-order chi connectivity index (χ1) is 9.39. The molecule has 1 saturated carbocycles. The van der Waals surface area contributed by atoms with Crippen molar-refractivity contribution in [3.63, 3.8) is 0 Å². The van der Waals surface area contributed by atoms with Crippen molar-refractivity contribution in [1.29, 1.82) is 0 Å². The number of rotatable bonds is 4. The van der Waals surface area contributed by atoms with Gasteiger partial charge >= 0.3 is 0 Å². The Hall–Kier alpha value is -1.09. The van der Waals surface area contributed by atoms with Gasteiger partial charge in [-0.3, -0.25) is 4.98 Å². The summed E-state index contributed by atoms with van der Waals surface area (Å²) in [7, 11) is 1.95. The molecule has 0 amide bonds. The predicted molar refractivity (Wildman–Crippen MR) is 82.9 cm³/mol. The molecule has 112 valence electrons. The molecule has 1 aromatic rings. The first kappa shape index (κ1) is 15.3. The minimum absolute atomic E-state index is 0.325. The normalized spacial score (nSPS) is 25.4. The highest BCUT2D eigenvalue weighted by Crippen LogP contribution is 2.40. The molecule has 0 aromatic carbocycles. The maximum absolute atomic E-state index is 6.35. The third kappa shape index (κ3) is 3.95. The minimum atomic E-state index is 0.325. The standard InChI is InChI=1S/C17H28N2O/c1-12-6-15(9-17(3,4)8-12)20-16-7-13(2)19-11-14(16)10-18-5/h7,11-12,15,18H,6,8-10H2,1-5H3. The van der Waals surface area contributed by atoms with Crippen molar-refractivity contribution in [2.45, 2.75) is 59.6 Å². The van der Waals surface area contributed by atoms with E-state index in [4.69, 9.17) is 4.74 Å². The van der Waals surface area contributed by atoms with Crippen molar-refractivity contribution in [2.24, 2.45) is 11.3 Å². The molecule has 3 heteroatoms. The quantitative estimate of drug-likeness (QED) is 0.910. The van der Waals surface area contributed by atoms with Crippen LogP contribution in [0.2, 0.25) is 0 Å². The molecule has 1 aliphatic rings.